The second-order valence-electron chi connectivity index (χ2n) is 3.06. The van der Waals surface area contributed by atoms with Crippen molar-refractivity contribution in [3.63, 3.8) is 0 Å². The van der Waals surface area contributed by atoms with Crippen molar-refractivity contribution in [3.8, 4) is 0 Å². The molecule has 1 nitrogen and oxygen atoms in total. The Morgan fingerprint density at radius 3 is 2.55 bits per heavy atom. The number of rotatable bonds is 3. The highest BCUT2D eigenvalue weighted by Gasteiger charge is 2.04. The molecule has 0 atom stereocenters. The van der Waals surface area contributed by atoms with Gasteiger partial charge in [-0.15, -0.1) is 0 Å². The van der Waals surface area contributed by atoms with Gasteiger partial charge < -0.3 is 4.42 Å². The van der Waals surface area contributed by atoms with Crippen LogP contribution in [0.4, 0.5) is 0 Å². The minimum Gasteiger partial charge on any atom is -0.469 e. The Hall–Kier alpha value is -0.720. The molecule has 0 unspecified atom stereocenters. The van der Waals surface area contributed by atoms with E-state index in [9.17, 15) is 0 Å². The van der Waals surface area contributed by atoms with Crippen LogP contribution >= 0.6 is 0 Å². The molecule has 0 bridgehead atoms. The Labute approximate surface area is 68.4 Å². The standard InChI is InChI=1S/C10H16O/c1-4-5-6-10-8(2)7-11-9(10)3/h7H,4-6H2,1-3H3. The van der Waals surface area contributed by atoms with Crippen molar-refractivity contribution in [2.24, 2.45) is 0 Å². The van der Waals surface area contributed by atoms with Gasteiger partial charge in [-0.2, -0.15) is 0 Å². The highest BCUT2D eigenvalue weighted by Crippen LogP contribution is 2.17. The molecule has 0 aliphatic carbocycles. The largest absolute Gasteiger partial charge is 0.469 e. The first kappa shape index (κ1) is 8.38. The zero-order valence-corrected chi connectivity index (χ0v) is 7.61. The van der Waals surface area contributed by atoms with Crippen molar-refractivity contribution in [3.05, 3.63) is 23.2 Å². The summed E-state index contributed by atoms with van der Waals surface area (Å²) in [4.78, 5) is 0. The number of aryl methyl sites for hydroxylation is 2. The molecule has 1 aromatic heterocycles. The SMILES string of the molecule is CCCCc1c(C)coc1C. The maximum absolute atomic E-state index is 5.29. The molecular weight excluding hydrogens is 136 g/mol. The fraction of sp³-hybridized carbons (Fsp3) is 0.600. The fourth-order valence-electron chi connectivity index (χ4n) is 1.32. The van der Waals surface area contributed by atoms with E-state index >= 15 is 0 Å². The number of unbranched alkanes of at least 4 members (excludes halogenated alkanes) is 1. The summed E-state index contributed by atoms with van der Waals surface area (Å²) in [6.45, 7) is 6.37. The summed E-state index contributed by atoms with van der Waals surface area (Å²) < 4.78 is 5.29. The molecule has 0 N–H and O–H groups in total. The van der Waals surface area contributed by atoms with Crippen LogP contribution in [0.5, 0.6) is 0 Å². The maximum Gasteiger partial charge on any atom is 0.104 e. The smallest absolute Gasteiger partial charge is 0.104 e. The maximum atomic E-state index is 5.29. The van der Waals surface area contributed by atoms with Crippen LogP contribution < -0.4 is 0 Å². The van der Waals surface area contributed by atoms with Gasteiger partial charge in [-0.1, -0.05) is 13.3 Å². The summed E-state index contributed by atoms with van der Waals surface area (Å²) in [7, 11) is 0. The summed E-state index contributed by atoms with van der Waals surface area (Å²) in [5.74, 6) is 1.09. The predicted molar refractivity (Wildman–Crippen MR) is 46.8 cm³/mol. The monoisotopic (exact) mass is 152 g/mol. The lowest BCUT2D eigenvalue weighted by Crippen LogP contribution is -1.86. The van der Waals surface area contributed by atoms with E-state index in [1.165, 1.54) is 30.4 Å². The first-order valence-corrected chi connectivity index (χ1v) is 4.29. The molecule has 11 heavy (non-hydrogen) atoms. The van der Waals surface area contributed by atoms with E-state index in [0.29, 0.717) is 0 Å². The minimum absolute atomic E-state index is 1.09. The lowest BCUT2D eigenvalue weighted by atomic mass is 10.1. The van der Waals surface area contributed by atoms with E-state index in [2.05, 4.69) is 13.8 Å². The van der Waals surface area contributed by atoms with E-state index < -0.39 is 0 Å². The summed E-state index contributed by atoms with van der Waals surface area (Å²) in [5, 5.41) is 0. The van der Waals surface area contributed by atoms with Gasteiger partial charge in [0.25, 0.3) is 0 Å². The molecule has 1 heteroatoms. The van der Waals surface area contributed by atoms with Crippen molar-refractivity contribution in [1.29, 1.82) is 0 Å². The van der Waals surface area contributed by atoms with Gasteiger partial charge >= 0.3 is 0 Å². The van der Waals surface area contributed by atoms with Crippen LogP contribution in [-0.4, -0.2) is 0 Å². The third-order valence-corrected chi connectivity index (χ3v) is 2.09. The van der Waals surface area contributed by atoms with Crippen molar-refractivity contribution < 1.29 is 4.42 Å². The summed E-state index contributed by atoms with van der Waals surface area (Å²) in [5.41, 5.74) is 2.71. The number of furan rings is 1. The van der Waals surface area contributed by atoms with Crippen molar-refractivity contribution >= 4 is 0 Å². The summed E-state index contributed by atoms with van der Waals surface area (Å²) in [6.07, 6.45) is 5.54. The Balaban J connectivity index is 2.67. The Bertz CT molecular complexity index is 203. The van der Waals surface area contributed by atoms with Crippen LogP contribution in [-0.2, 0) is 6.42 Å². The van der Waals surface area contributed by atoms with Crippen LogP contribution in [0.2, 0.25) is 0 Å². The van der Waals surface area contributed by atoms with E-state index in [0.717, 1.165) is 5.76 Å². The molecule has 0 saturated carbocycles. The summed E-state index contributed by atoms with van der Waals surface area (Å²) in [6, 6.07) is 0. The van der Waals surface area contributed by atoms with E-state index in [-0.39, 0.29) is 0 Å². The molecule has 0 radical (unpaired) electrons. The van der Waals surface area contributed by atoms with E-state index in [1.807, 2.05) is 13.2 Å². The predicted octanol–water partition coefficient (Wildman–Crippen LogP) is 3.24. The van der Waals surface area contributed by atoms with Crippen LogP contribution in [0.1, 0.15) is 36.7 Å². The molecule has 1 heterocycles. The van der Waals surface area contributed by atoms with Crippen molar-refractivity contribution in [2.45, 2.75) is 40.0 Å². The number of hydrogen-bond acceptors (Lipinski definition) is 1. The Morgan fingerprint density at radius 2 is 2.09 bits per heavy atom. The summed E-state index contributed by atoms with van der Waals surface area (Å²) >= 11 is 0. The molecule has 0 aliphatic heterocycles. The molecule has 0 aromatic carbocycles. The highest BCUT2D eigenvalue weighted by molar-refractivity contribution is 5.25. The van der Waals surface area contributed by atoms with Crippen LogP contribution in [0.3, 0.4) is 0 Å². The van der Waals surface area contributed by atoms with E-state index in [4.69, 9.17) is 4.42 Å². The van der Waals surface area contributed by atoms with Gasteiger partial charge in [0, 0.05) is 0 Å². The molecular formula is C10H16O. The molecule has 0 aliphatic rings. The van der Waals surface area contributed by atoms with Gasteiger partial charge in [-0.25, -0.2) is 0 Å². The average molecular weight is 152 g/mol. The van der Waals surface area contributed by atoms with Gasteiger partial charge in [0.2, 0.25) is 0 Å². The molecule has 0 spiro atoms. The van der Waals surface area contributed by atoms with Gasteiger partial charge in [-0.3, -0.25) is 0 Å². The van der Waals surface area contributed by atoms with Gasteiger partial charge in [0.15, 0.2) is 0 Å². The molecule has 0 amide bonds. The van der Waals surface area contributed by atoms with Gasteiger partial charge in [0.1, 0.15) is 5.76 Å². The zero-order valence-electron chi connectivity index (χ0n) is 7.61. The van der Waals surface area contributed by atoms with E-state index in [1.54, 1.807) is 0 Å². The third-order valence-electron chi connectivity index (χ3n) is 2.09. The molecule has 1 aromatic rings. The highest BCUT2D eigenvalue weighted by atomic mass is 16.3. The van der Waals surface area contributed by atoms with Crippen molar-refractivity contribution in [1.82, 2.24) is 0 Å². The number of hydrogen-bond donors (Lipinski definition) is 0. The first-order valence-electron chi connectivity index (χ1n) is 4.29. The average Bonchev–Trinajstić information content (AvgIpc) is 2.29. The quantitative estimate of drug-likeness (QED) is 0.648. The normalized spacial score (nSPS) is 10.5. The lowest BCUT2D eigenvalue weighted by Gasteiger charge is -1.97. The molecule has 62 valence electrons. The molecule has 0 saturated heterocycles. The Morgan fingerprint density at radius 1 is 1.36 bits per heavy atom. The van der Waals surface area contributed by atoms with Gasteiger partial charge in [0.05, 0.1) is 6.26 Å². The second kappa shape index (κ2) is 3.61. The second-order valence-corrected chi connectivity index (χ2v) is 3.06. The van der Waals surface area contributed by atoms with Crippen LogP contribution in [0.15, 0.2) is 10.7 Å². The fourth-order valence-corrected chi connectivity index (χ4v) is 1.32. The van der Waals surface area contributed by atoms with Gasteiger partial charge in [-0.05, 0) is 37.8 Å². The first-order chi connectivity index (χ1) is 5.25. The van der Waals surface area contributed by atoms with Crippen LogP contribution in [0, 0.1) is 13.8 Å². The Kier molecular flexibility index (Phi) is 2.75. The minimum atomic E-state index is 1.09. The zero-order chi connectivity index (χ0) is 8.27. The lowest BCUT2D eigenvalue weighted by molar-refractivity contribution is 0.528. The van der Waals surface area contributed by atoms with Crippen molar-refractivity contribution in [2.75, 3.05) is 0 Å². The molecule has 1 rings (SSSR count). The third kappa shape index (κ3) is 1.86. The van der Waals surface area contributed by atoms with Crippen LogP contribution in [0.25, 0.3) is 0 Å². The molecule has 0 fully saturated rings. The topological polar surface area (TPSA) is 13.1 Å².